The number of hydrogen-bond donors (Lipinski definition) is 2. The summed E-state index contributed by atoms with van der Waals surface area (Å²) in [6.07, 6.45) is -0.104. The van der Waals surface area contributed by atoms with Gasteiger partial charge in [0.25, 0.3) is 5.91 Å². The van der Waals surface area contributed by atoms with Crippen LogP contribution in [-0.2, 0) is 24.2 Å². The Hall–Kier alpha value is -2.90. The quantitative estimate of drug-likeness (QED) is 0.591. The minimum Gasteiger partial charge on any atom is -0.466 e. The first kappa shape index (κ1) is 20.4. The fourth-order valence-electron chi connectivity index (χ4n) is 2.54. The molecule has 0 fully saturated rings. The molecule has 0 saturated heterocycles. The number of nitriles is 1. The highest BCUT2D eigenvalue weighted by Crippen LogP contribution is 2.24. The normalized spacial score (nSPS) is 14.3. The van der Waals surface area contributed by atoms with Crippen LogP contribution in [0.15, 0.2) is 40.4 Å². The topological polar surface area (TPSA) is 137 Å². The molecule has 9 nitrogen and oxygen atoms in total. The largest absolute Gasteiger partial charge is 0.466 e. The highest BCUT2D eigenvalue weighted by Gasteiger charge is 2.34. The van der Waals surface area contributed by atoms with Gasteiger partial charge in [0.15, 0.2) is 9.84 Å². The fourth-order valence-corrected chi connectivity index (χ4v) is 3.68. The van der Waals surface area contributed by atoms with Crippen LogP contribution in [0.3, 0.4) is 0 Å². The number of anilines is 1. The van der Waals surface area contributed by atoms with Gasteiger partial charge in [0.2, 0.25) is 0 Å². The Bertz CT molecular complexity index is 900. The number of methoxy groups -OCH3 is 1. The van der Waals surface area contributed by atoms with Gasteiger partial charge in [0.05, 0.1) is 42.6 Å². The zero-order valence-corrected chi connectivity index (χ0v) is 15.5. The van der Waals surface area contributed by atoms with E-state index in [1.807, 2.05) is 0 Å². The van der Waals surface area contributed by atoms with Crippen molar-refractivity contribution in [1.29, 1.82) is 5.26 Å². The third-order valence-electron chi connectivity index (χ3n) is 3.92. The van der Waals surface area contributed by atoms with Crippen molar-refractivity contribution < 1.29 is 27.9 Å². The van der Waals surface area contributed by atoms with Crippen LogP contribution in [-0.4, -0.2) is 62.9 Å². The van der Waals surface area contributed by atoms with Crippen LogP contribution in [0, 0.1) is 11.3 Å². The molecular weight excluding hydrogens is 374 g/mol. The van der Waals surface area contributed by atoms with E-state index in [0.29, 0.717) is 5.69 Å². The molecule has 0 aromatic heterocycles. The molecule has 2 rings (SSSR count). The number of hydrogen-bond acceptors (Lipinski definition) is 8. The van der Waals surface area contributed by atoms with Crippen molar-refractivity contribution in [3.05, 3.63) is 35.5 Å². The molecule has 1 aliphatic heterocycles. The Kier molecular flexibility index (Phi) is 6.55. The summed E-state index contributed by atoms with van der Waals surface area (Å²) in [6.45, 7) is -0.168. The number of benzene rings is 1. The van der Waals surface area contributed by atoms with Gasteiger partial charge in [-0.3, -0.25) is 4.79 Å². The Morgan fingerprint density at radius 3 is 2.59 bits per heavy atom. The summed E-state index contributed by atoms with van der Waals surface area (Å²) in [5.41, 5.74) is 0.557. The molecule has 1 aliphatic rings. The monoisotopic (exact) mass is 393 g/mol. The van der Waals surface area contributed by atoms with E-state index in [0.717, 1.165) is 0 Å². The van der Waals surface area contributed by atoms with E-state index >= 15 is 0 Å². The molecule has 1 amide bonds. The minimum atomic E-state index is -3.56. The number of nitrogens with one attached hydrogen (secondary N) is 1. The lowest BCUT2D eigenvalue weighted by Crippen LogP contribution is -2.31. The molecule has 10 heteroatoms. The van der Waals surface area contributed by atoms with E-state index in [1.54, 1.807) is 6.07 Å². The van der Waals surface area contributed by atoms with Crippen molar-refractivity contribution in [3.8, 4) is 6.07 Å². The number of β-amino-alcohol motifs (C(OH)–C–C–N with tert-alkyl or cyclic N) is 1. The average Bonchev–Trinajstić information content (AvgIpc) is 2.96. The first-order valence-electron chi connectivity index (χ1n) is 8.02. The van der Waals surface area contributed by atoms with E-state index in [2.05, 4.69) is 5.32 Å². The van der Waals surface area contributed by atoms with Crippen LogP contribution in [0.25, 0.3) is 0 Å². The molecule has 1 aromatic rings. The number of ether oxygens (including phenoxy) is 1. The van der Waals surface area contributed by atoms with Crippen molar-refractivity contribution in [2.75, 3.05) is 37.9 Å². The Morgan fingerprint density at radius 2 is 2.04 bits per heavy atom. The maximum atomic E-state index is 12.4. The van der Waals surface area contributed by atoms with Crippen LogP contribution < -0.4 is 5.32 Å². The van der Waals surface area contributed by atoms with Crippen molar-refractivity contribution in [2.24, 2.45) is 0 Å². The van der Waals surface area contributed by atoms with E-state index in [-0.39, 0.29) is 48.0 Å². The van der Waals surface area contributed by atoms with Crippen molar-refractivity contribution in [3.63, 3.8) is 0 Å². The van der Waals surface area contributed by atoms with Gasteiger partial charge in [-0.2, -0.15) is 5.26 Å². The molecule has 0 atom stereocenters. The number of aliphatic hydroxyl groups is 1. The number of carbonyl (C=O) groups is 2. The van der Waals surface area contributed by atoms with E-state index in [9.17, 15) is 18.0 Å². The number of nitrogens with zero attached hydrogens (tertiary/aromatic N) is 2. The number of aliphatic hydroxyl groups excluding tert-OH is 1. The molecule has 2 N–H and O–H groups in total. The smallest absolute Gasteiger partial charge is 0.337 e. The standard InChI is InChI=1S/C17H19N3O6S/c1-26-17(23)14-11-20(8-9-21)16(22)15(14)19-12-3-5-13(6-4-12)27(24,25)10-2-7-18/h3-6,19,21H,2,8-11H2,1H3. The number of rotatable bonds is 8. The Labute approximate surface area is 156 Å². The second-order valence-corrected chi connectivity index (χ2v) is 7.78. The molecule has 0 radical (unpaired) electrons. The molecule has 0 bridgehead atoms. The molecule has 144 valence electrons. The molecule has 1 heterocycles. The van der Waals surface area contributed by atoms with Crippen LogP contribution in [0.1, 0.15) is 6.42 Å². The SMILES string of the molecule is COC(=O)C1=C(Nc2ccc(S(=O)(=O)CCC#N)cc2)C(=O)N(CCO)C1. The number of esters is 1. The summed E-state index contributed by atoms with van der Waals surface area (Å²) in [6, 6.07) is 7.43. The summed E-state index contributed by atoms with van der Waals surface area (Å²) >= 11 is 0. The van der Waals surface area contributed by atoms with E-state index in [4.69, 9.17) is 15.1 Å². The van der Waals surface area contributed by atoms with E-state index in [1.165, 1.54) is 36.3 Å². The van der Waals surface area contributed by atoms with Crippen molar-refractivity contribution >= 4 is 27.4 Å². The highest BCUT2D eigenvalue weighted by molar-refractivity contribution is 7.91. The van der Waals surface area contributed by atoms with E-state index < -0.39 is 21.7 Å². The van der Waals surface area contributed by atoms with Gasteiger partial charge < -0.3 is 20.1 Å². The lowest BCUT2D eigenvalue weighted by Gasteiger charge is -2.15. The summed E-state index contributed by atoms with van der Waals surface area (Å²) in [7, 11) is -2.36. The maximum Gasteiger partial charge on any atom is 0.337 e. The summed E-state index contributed by atoms with van der Waals surface area (Å²) in [5, 5.41) is 20.4. The zero-order chi connectivity index (χ0) is 20.0. The van der Waals surface area contributed by atoms with Crippen molar-refractivity contribution in [2.45, 2.75) is 11.3 Å². The lowest BCUT2D eigenvalue weighted by atomic mass is 10.2. The van der Waals surface area contributed by atoms with Crippen LogP contribution in [0.4, 0.5) is 5.69 Å². The predicted molar refractivity (Wildman–Crippen MR) is 95.1 cm³/mol. The first-order chi connectivity index (χ1) is 12.8. The van der Waals surface area contributed by atoms with Gasteiger partial charge >= 0.3 is 5.97 Å². The third kappa shape index (κ3) is 4.64. The summed E-state index contributed by atoms with van der Waals surface area (Å²) in [5.74, 6) is -1.40. The van der Waals surface area contributed by atoms with Crippen LogP contribution in [0.2, 0.25) is 0 Å². The van der Waals surface area contributed by atoms with Crippen LogP contribution in [0.5, 0.6) is 0 Å². The fraction of sp³-hybridized carbons (Fsp3) is 0.353. The van der Waals surface area contributed by atoms with Gasteiger partial charge in [0.1, 0.15) is 5.70 Å². The summed E-state index contributed by atoms with van der Waals surface area (Å²) in [4.78, 5) is 25.7. The maximum absolute atomic E-state index is 12.4. The molecule has 0 unspecified atom stereocenters. The molecule has 0 spiro atoms. The molecular formula is C17H19N3O6S. The second kappa shape index (κ2) is 8.66. The second-order valence-electron chi connectivity index (χ2n) is 5.67. The van der Waals surface area contributed by atoms with Gasteiger partial charge in [-0.25, -0.2) is 13.2 Å². The van der Waals surface area contributed by atoms with Crippen LogP contribution >= 0.6 is 0 Å². The third-order valence-corrected chi connectivity index (χ3v) is 5.65. The molecule has 0 aliphatic carbocycles. The first-order valence-corrected chi connectivity index (χ1v) is 9.67. The lowest BCUT2D eigenvalue weighted by molar-refractivity contribution is -0.136. The molecule has 27 heavy (non-hydrogen) atoms. The number of amides is 1. The molecule has 1 aromatic carbocycles. The molecule has 0 saturated carbocycles. The predicted octanol–water partition coefficient (Wildman–Crippen LogP) is 0.0475. The Balaban J connectivity index is 2.25. The van der Waals surface area contributed by atoms with Gasteiger partial charge in [-0.05, 0) is 24.3 Å². The van der Waals surface area contributed by atoms with Crippen molar-refractivity contribution in [1.82, 2.24) is 4.90 Å². The Morgan fingerprint density at radius 1 is 1.37 bits per heavy atom. The van der Waals surface area contributed by atoms with Gasteiger partial charge in [-0.1, -0.05) is 0 Å². The average molecular weight is 393 g/mol. The minimum absolute atomic E-state index is 0.00895. The number of carbonyl (C=O) groups excluding carboxylic acids is 2. The highest BCUT2D eigenvalue weighted by atomic mass is 32.2. The van der Waals surface area contributed by atoms with Gasteiger partial charge in [0, 0.05) is 18.7 Å². The van der Waals surface area contributed by atoms with Gasteiger partial charge in [-0.15, -0.1) is 0 Å². The zero-order valence-electron chi connectivity index (χ0n) is 14.6. The summed E-state index contributed by atoms with van der Waals surface area (Å²) < 4.78 is 28.8. The number of sulfone groups is 1.